The van der Waals surface area contributed by atoms with Crippen LogP contribution >= 0.6 is 25.6 Å². The second-order valence-corrected chi connectivity index (χ2v) is 20.4. The molecule has 8 rings (SSSR count). The van der Waals surface area contributed by atoms with Crippen LogP contribution in [0.4, 0.5) is 13.2 Å². The van der Waals surface area contributed by atoms with Gasteiger partial charge in [0.2, 0.25) is 0 Å². The first-order chi connectivity index (χ1) is 30.2. The van der Waals surface area contributed by atoms with Gasteiger partial charge < -0.3 is 18.7 Å². The van der Waals surface area contributed by atoms with Crippen LogP contribution in [0.2, 0.25) is 0 Å². The third-order valence-electron chi connectivity index (χ3n) is 10.1. The quantitative estimate of drug-likeness (QED) is 0.0669. The molecule has 2 aromatic heterocycles. The first-order valence-electron chi connectivity index (χ1n) is 19.5. The zero-order valence-corrected chi connectivity index (χ0v) is 39.6. The molecular formula is C51H41EuF3O6P2S. The number of carbonyl (C=O) groups is 1. The molecule has 64 heavy (non-hydrogen) atoms. The summed E-state index contributed by atoms with van der Waals surface area (Å²) in [4.78, 5) is 23.2. The van der Waals surface area contributed by atoms with E-state index in [2.05, 4.69) is 13.2 Å². The first kappa shape index (κ1) is 50.0. The Morgan fingerprint density at radius 1 is 0.625 bits per heavy atom. The van der Waals surface area contributed by atoms with Gasteiger partial charge >= 0.3 is 11.8 Å². The molecule has 0 saturated heterocycles. The van der Waals surface area contributed by atoms with Crippen molar-refractivity contribution < 1.29 is 86.0 Å². The van der Waals surface area contributed by atoms with E-state index in [0.29, 0.717) is 4.70 Å². The van der Waals surface area contributed by atoms with Crippen molar-refractivity contribution in [2.75, 3.05) is 0 Å². The molecule has 13 heteroatoms. The van der Waals surface area contributed by atoms with Crippen molar-refractivity contribution in [3.05, 3.63) is 222 Å². The van der Waals surface area contributed by atoms with Crippen LogP contribution in [0.5, 0.6) is 5.75 Å². The van der Waals surface area contributed by atoms with Gasteiger partial charge in [0, 0.05) is 101 Å². The predicted molar refractivity (Wildman–Crippen MR) is 255 cm³/mol. The summed E-state index contributed by atoms with van der Waals surface area (Å²) in [5, 5.41) is 16.6. The number of alkyl halides is 3. The van der Waals surface area contributed by atoms with Gasteiger partial charge in [0.15, 0.2) is 19.8 Å². The summed E-state index contributed by atoms with van der Waals surface area (Å²) in [6.45, 7) is 11.3. The molecule has 0 aliphatic carbocycles. The third-order valence-corrected chi connectivity index (χ3v) is 17.6. The van der Waals surface area contributed by atoms with Gasteiger partial charge in [-0.25, -0.2) is 4.79 Å². The Labute approximate surface area is 413 Å². The normalized spacial score (nSPS) is 12.8. The average molecular weight is 1050 g/mol. The van der Waals surface area contributed by atoms with Gasteiger partial charge in [-0.2, -0.15) is 13.2 Å². The van der Waals surface area contributed by atoms with Crippen LogP contribution in [0.25, 0.3) is 31.1 Å². The largest absolute Gasteiger partial charge is 0.506 e. The molecular weight excluding hydrogens is 1010 g/mol. The number of halogens is 3. The first-order valence-corrected chi connectivity index (χ1v) is 23.7. The average Bonchev–Trinajstić information content (AvgIpc) is 3.67. The van der Waals surface area contributed by atoms with Crippen molar-refractivity contribution in [2.24, 2.45) is 0 Å². The van der Waals surface area contributed by atoms with E-state index in [0.717, 1.165) is 47.3 Å². The van der Waals surface area contributed by atoms with Crippen molar-refractivity contribution in [2.45, 2.75) is 20.0 Å². The molecule has 0 aliphatic heterocycles. The van der Waals surface area contributed by atoms with Gasteiger partial charge in [-0.1, -0.05) is 177 Å². The SMILES string of the molecule is C=C/C(=C\C)P(=O)(/C(C=C)=C/C)c1ccccc1.O=C(c1c(O)c2cc3sc4ccccc4c3cc2oc1=O)C(F)(F)F.O=P(c1ccccc1)(c1ccccc1)c1ccccc1.[Eu]. The molecule has 0 fully saturated rings. The maximum atomic E-state index is 13.8. The number of Topliss-reactive ketones (excluding diaryl/α,β-unsaturated/α-hetero) is 1. The van der Waals surface area contributed by atoms with Crippen molar-refractivity contribution in [3.63, 3.8) is 0 Å². The maximum Gasteiger partial charge on any atom is 0.455 e. The number of thiophene rings is 1. The number of allylic oxidation sites excluding steroid dienone is 6. The van der Waals surface area contributed by atoms with Crippen LogP contribution in [0.15, 0.2) is 215 Å². The van der Waals surface area contributed by atoms with Crippen LogP contribution in [0.3, 0.4) is 0 Å². The Morgan fingerprint density at radius 3 is 1.47 bits per heavy atom. The molecule has 0 amide bonds. The van der Waals surface area contributed by atoms with Gasteiger partial charge in [-0.3, -0.25) is 4.79 Å². The summed E-state index contributed by atoms with van der Waals surface area (Å²) in [5.41, 5.74) is -3.01. The molecule has 8 aromatic rings. The number of ketones is 1. The van der Waals surface area contributed by atoms with Crippen LogP contribution in [0.1, 0.15) is 24.2 Å². The molecule has 0 bridgehead atoms. The topological polar surface area (TPSA) is 102 Å². The van der Waals surface area contributed by atoms with Gasteiger partial charge in [0.05, 0.1) is 5.39 Å². The minimum atomic E-state index is -5.29. The molecule has 6 aromatic carbocycles. The zero-order chi connectivity index (χ0) is 45.4. The van der Waals surface area contributed by atoms with Crippen molar-refractivity contribution in [1.82, 2.24) is 0 Å². The number of aromatic hydroxyl groups is 1. The number of fused-ring (bicyclic) bond motifs is 4. The van der Waals surface area contributed by atoms with Gasteiger partial charge in [0.1, 0.15) is 11.3 Å². The number of benzene rings is 6. The summed E-state index contributed by atoms with van der Waals surface area (Å²) in [5.74, 6) is -3.45. The van der Waals surface area contributed by atoms with E-state index in [1.54, 1.807) is 12.2 Å². The summed E-state index contributed by atoms with van der Waals surface area (Å²) in [6, 6.07) is 48.9. The molecule has 0 spiro atoms. The molecule has 0 atom stereocenters. The molecule has 0 unspecified atom stereocenters. The second-order valence-electron chi connectivity index (χ2n) is 13.8. The van der Waals surface area contributed by atoms with Crippen molar-refractivity contribution in [3.8, 4) is 5.75 Å². The minimum absolute atomic E-state index is 0. The van der Waals surface area contributed by atoms with Crippen molar-refractivity contribution >= 4 is 83.8 Å². The Hall–Kier alpha value is -4.99. The minimum Gasteiger partial charge on any atom is -0.506 e. The Morgan fingerprint density at radius 2 is 1.05 bits per heavy atom. The number of hydrogen-bond donors (Lipinski definition) is 1. The summed E-state index contributed by atoms with van der Waals surface area (Å²) in [6.07, 6.45) is 1.75. The maximum absolute atomic E-state index is 13.8. The Balaban J connectivity index is 0.000000182. The summed E-state index contributed by atoms with van der Waals surface area (Å²) < 4.78 is 71.7. The van der Waals surface area contributed by atoms with E-state index in [4.69, 9.17) is 4.42 Å². The van der Waals surface area contributed by atoms with Crippen LogP contribution in [0, 0.1) is 49.4 Å². The van der Waals surface area contributed by atoms with E-state index in [-0.39, 0.29) is 60.3 Å². The van der Waals surface area contributed by atoms with Gasteiger partial charge in [-0.05, 0) is 32.0 Å². The molecule has 325 valence electrons. The third kappa shape index (κ3) is 10.3. The molecule has 0 aliphatic rings. The fourth-order valence-electron chi connectivity index (χ4n) is 7.05. The van der Waals surface area contributed by atoms with Crippen LogP contribution in [-0.4, -0.2) is 17.1 Å². The zero-order valence-electron chi connectivity index (χ0n) is 34.5. The van der Waals surface area contributed by atoms with E-state index in [9.17, 15) is 37.0 Å². The second kappa shape index (κ2) is 21.8. The molecule has 1 radical (unpaired) electrons. The van der Waals surface area contributed by atoms with E-state index in [1.807, 2.05) is 172 Å². The Bertz CT molecular complexity index is 3030. The van der Waals surface area contributed by atoms with Gasteiger partial charge in [-0.15, -0.1) is 11.3 Å². The number of carbonyl (C=O) groups excluding carboxylic acids is 1. The fraction of sp³-hybridized carbons (Fsp3) is 0.0588. The van der Waals surface area contributed by atoms with E-state index >= 15 is 0 Å². The van der Waals surface area contributed by atoms with E-state index in [1.165, 1.54) is 23.5 Å². The van der Waals surface area contributed by atoms with Crippen molar-refractivity contribution in [1.29, 1.82) is 0 Å². The van der Waals surface area contributed by atoms with Crippen LogP contribution in [-0.2, 0) is 9.13 Å². The molecule has 0 saturated carbocycles. The Kier molecular flexibility index (Phi) is 17.0. The summed E-state index contributed by atoms with van der Waals surface area (Å²) >= 11 is 1.37. The fourth-order valence-corrected chi connectivity index (χ4v) is 13.6. The standard InChI is InChI=1S/C18H15OP.C17H7F3O4S.C16H19OP.Eu/c19-20(16-10-4-1-5-11-16,17-12-6-2-7-13-17)18-14-8-3-9-15-18;18-17(19,20)15(22)13-14(21)9-6-12-8(5-10(9)24-16(13)23)7-3-1-2-4-11(7)25-12;1-5-14(6-2)18(17,15(7-3)8-4)16-12-10-9-11-13-16;/h1-15H;1-6,21H;5-13H,1,3H2,2,4H3;/b;;14-6+,15-8+;. The van der Waals surface area contributed by atoms with E-state index < -0.39 is 43.2 Å². The summed E-state index contributed by atoms with van der Waals surface area (Å²) in [7, 11) is -5.58. The smallest absolute Gasteiger partial charge is 0.455 e. The van der Waals surface area contributed by atoms with Crippen LogP contribution < -0.4 is 26.8 Å². The molecule has 1 N–H and O–H groups in total. The number of hydrogen-bond acceptors (Lipinski definition) is 7. The van der Waals surface area contributed by atoms with Gasteiger partial charge in [0.25, 0.3) is 5.78 Å². The molecule has 6 nitrogen and oxygen atoms in total. The predicted octanol–water partition coefficient (Wildman–Crippen LogP) is 12.8. The monoisotopic (exact) mass is 1050 g/mol. The molecule has 2 heterocycles. The number of rotatable bonds is 9.